The lowest BCUT2D eigenvalue weighted by molar-refractivity contribution is -0.0800. The normalized spacial score (nSPS) is 13.1. The van der Waals surface area contributed by atoms with Crippen LogP contribution < -0.4 is 10.6 Å². The Bertz CT molecular complexity index is 523. The fourth-order valence-corrected chi connectivity index (χ4v) is 1.71. The summed E-state index contributed by atoms with van der Waals surface area (Å²) >= 11 is 0. The molecule has 1 rings (SSSR count). The lowest BCUT2D eigenvalue weighted by atomic mass is 10.0. The van der Waals surface area contributed by atoms with Gasteiger partial charge in [-0.25, -0.2) is 0 Å². The molecule has 0 saturated heterocycles. The molecule has 0 bridgehead atoms. The van der Waals surface area contributed by atoms with Crippen molar-refractivity contribution in [1.29, 1.82) is 0 Å². The van der Waals surface area contributed by atoms with Gasteiger partial charge in [0.15, 0.2) is 0 Å². The second-order valence-electron chi connectivity index (χ2n) is 4.28. The molecule has 0 aromatic heterocycles. The summed E-state index contributed by atoms with van der Waals surface area (Å²) in [5.41, 5.74) is 0.962. The van der Waals surface area contributed by atoms with Crippen molar-refractivity contribution < 1.29 is 26.3 Å². The van der Waals surface area contributed by atoms with Gasteiger partial charge in [-0.2, -0.15) is 26.3 Å². The van der Waals surface area contributed by atoms with Gasteiger partial charge in [0, 0.05) is 37.6 Å². The Morgan fingerprint density at radius 1 is 0.727 bits per heavy atom. The Hall–Kier alpha value is -2.12. The molecule has 2 nitrogen and oxygen atoms in total. The number of benzene rings is 1. The van der Waals surface area contributed by atoms with Gasteiger partial charge >= 0.3 is 12.4 Å². The number of alkyl halides is 6. The van der Waals surface area contributed by atoms with E-state index in [0.717, 1.165) is 12.2 Å². The van der Waals surface area contributed by atoms with E-state index in [1.807, 2.05) is 0 Å². The number of anilines is 2. The Kier molecular flexibility index (Phi) is 5.51. The van der Waals surface area contributed by atoms with Crippen molar-refractivity contribution in [3.05, 3.63) is 35.4 Å². The molecule has 0 aliphatic carbocycles. The van der Waals surface area contributed by atoms with Gasteiger partial charge < -0.3 is 10.6 Å². The molecule has 1 aromatic carbocycles. The fourth-order valence-electron chi connectivity index (χ4n) is 1.71. The van der Waals surface area contributed by atoms with Gasteiger partial charge in [0.1, 0.15) is 0 Å². The zero-order valence-corrected chi connectivity index (χ0v) is 11.7. The zero-order chi connectivity index (χ0) is 17.0. The number of nitrogens with one attached hydrogen (secondary N) is 2. The van der Waals surface area contributed by atoms with Crippen LogP contribution in [0.15, 0.2) is 24.3 Å². The average Bonchev–Trinajstić information content (AvgIpc) is 2.40. The van der Waals surface area contributed by atoms with Crippen LogP contribution in [0, 0.1) is 0 Å². The Balaban J connectivity index is 3.33. The van der Waals surface area contributed by atoms with Gasteiger partial charge in [0.2, 0.25) is 0 Å². The first-order valence-corrected chi connectivity index (χ1v) is 6.11. The van der Waals surface area contributed by atoms with E-state index in [9.17, 15) is 26.3 Å². The molecule has 0 aliphatic heterocycles. The summed E-state index contributed by atoms with van der Waals surface area (Å²) in [5, 5.41) is 5.40. The number of halogens is 6. The number of rotatable bonds is 4. The maximum atomic E-state index is 12.2. The standard InChI is InChI=1S/C14H14F6N2/c1-21-11-8-12(22-2)10(4-6-14(18,19)20)7-9(11)3-5-13(15,16)17/h3-8,21-22H,1-2H3/b5-3+,6-4+. The van der Waals surface area contributed by atoms with E-state index in [1.165, 1.54) is 26.2 Å². The highest BCUT2D eigenvalue weighted by atomic mass is 19.4. The van der Waals surface area contributed by atoms with Gasteiger partial charge in [0.25, 0.3) is 0 Å². The third kappa shape index (κ3) is 5.71. The van der Waals surface area contributed by atoms with Crippen LogP contribution in [0.5, 0.6) is 0 Å². The topological polar surface area (TPSA) is 24.1 Å². The molecule has 0 unspecified atom stereocenters. The van der Waals surface area contributed by atoms with Gasteiger partial charge in [-0.3, -0.25) is 0 Å². The van der Waals surface area contributed by atoms with Crippen LogP contribution in [0.1, 0.15) is 11.1 Å². The molecular weight excluding hydrogens is 310 g/mol. The number of hydrogen-bond donors (Lipinski definition) is 2. The lowest BCUT2D eigenvalue weighted by Crippen LogP contribution is -2.03. The first-order chi connectivity index (χ1) is 10.1. The van der Waals surface area contributed by atoms with E-state index in [2.05, 4.69) is 10.6 Å². The third-order valence-electron chi connectivity index (χ3n) is 2.66. The van der Waals surface area contributed by atoms with E-state index >= 15 is 0 Å². The van der Waals surface area contributed by atoms with Crippen molar-refractivity contribution in [3.63, 3.8) is 0 Å². The van der Waals surface area contributed by atoms with E-state index in [0.29, 0.717) is 11.4 Å². The molecule has 0 fully saturated rings. The predicted octanol–water partition coefficient (Wildman–Crippen LogP) is 4.92. The summed E-state index contributed by atoms with van der Waals surface area (Å²) in [6, 6.07) is 2.67. The van der Waals surface area contributed by atoms with Gasteiger partial charge in [-0.05, 0) is 35.4 Å². The van der Waals surface area contributed by atoms with Gasteiger partial charge in [-0.1, -0.05) is 0 Å². The van der Waals surface area contributed by atoms with Crippen molar-refractivity contribution in [2.45, 2.75) is 12.4 Å². The minimum absolute atomic E-state index is 0.0273. The zero-order valence-electron chi connectivity index (χ0n) is 11.7. The summed E-state index contributed by atoms with van der Waals surface area (Å²) in [6.45, 7) is 0. The highest BCUT2D eigenvalue weighted by molar-refractivity contribution is 5.79. The maximum Gasteiger partial charge on any atom is 0.409 e. The van der Waals surface area contributed by atoms with Crippen molar-refractivity contribution in [1.82, 2.24) is 0 Å². The van der Waals surface area contributed by atoms with Crippen LogP contribution in [-0.2, 0) is 0 Å². The fraction of sp³-hybridized carbons (Fsp3) is 0.286. The monoisotopic (exact) mass is 324 g/mol. The molecule has 0 heterocycles. The SMILES string of the molecule is CNc1cc(NC)c(/C=C/C(F)(F)F)cc1/C=C/C(F)(F)F. The van der Waals surface area contributed by atoms with Crippen LogP contribution >= 0.6 is 0 Å². The molecule has 0 radical (unpaired) electrons. The predicted molar refractivity (Wildman–Crippen MR) is 75.7 cm³/mol. The van der Waals surface area contributed by atoms with E-state index in [4.69, 9.17) is 0 Å². The highest BCUT2D eigenvalue weighted by Gasteiger charge is 2.23. The molecule has 22 heavy (non-hydrogen) atoms. The van der Waals surface area contributed by atoms with Crippen LogP contribution in [0.4, 0.5) is 37.7 Å². The minimum Gasteiger partial charge on any atom is -0.388 e. The average molecular weight is 324 g/mol. The minimum atomic E-state index is -4.51. The number of allylic oxidation sites excluding steroid dienone is 2. The van der Waals surface area contributed by atoms with Crippen LogP contribution in [-0.4, -0.2) is 26.4 Å². The van der Waals surface area contributed by atoms with Crippen LogP contribution in [0.3, 0.4) is 0 Å². The second kappa shape index (κ2) is 6.76. The molecular formula is C14H14F6N2. The Morgan fingerprint density at radius 2 is 1.09 bits per heavy atom. The van der Waals surface area contributed by atoms with E-state index in [-0.39, 0.29) is 23.3 Å². The summed E-state index contributed by atoms with van der Waals surface area (Å²) < 4.78 is 73.5. The van der Waals surface area contributed by atoms with Crippen LogP contribution in [0.25, 0.3) is 12.2 Å². The quantitative estimate of drug-likeness (QED) is 0.768. The van der Waals surface area contributed by atoms with E-state index in [1.54, 1.807) is 0 Å². The summed E-state index contributed by atoms with van der Waals surface area (Å²) in [7, 11) is 3.01. The molecule has 0 spiro atoms. The molecule has 0 atom stereocenters. The molecule has 122 valence electrons. The van der Waals surface area contributed by atoms with E-state index < -0.39 is 12.4 Å². The first kappa shape index (κ1) is 17.9. The third-order valence-corrected chi connectivity index (χ3v) is 2.66. The number of hydrogen-bond acceptors (Lipinski definition) is 2. The van der Waals surface area contributed by atoms with Crippen molar-refractivity contribution in [2.24, 2.45) is 0 Å². The van der Waals surface area contributed by atoms with Gasteiger partial charge in [0.05, 0.1) is 0 Å². The first-order valence-electron chi connectivity index (χ1n) is 6.11. The molecule has 1 aromatic rings. The smallest absolute Gasteiger partial charge is 0.388 e. The van der Waals surface area contributed by atoms with Crippen molar-refractivity contribution >= 4 is 23.5 Å². The van der Waals surface area contributed by atoms with Crippen molar-refractivity contribution in [3.8, 4) is 0 Å². The molecule has 2 N–H and O–H groups in total. The van der Waals surface area contributed by atoms with Crippen LogP contribution in [0.2, 0.25) is 0 Å². The molecule has 0 amide bonds. The van der Waals surface area contributed by atoms with Crippen molar-refractivity contribution in [2.75, 3.05) is 24.7 Å². The summed E-state index contributed by atoms with van der Waals surface area (Å²) in [6.07, 6.45) is -7.35. The highest BCUT2D eigenvalue weighted by Crippen LogP contribution is 2.30. The molecule has 0 aliphatic rings. The Morgan fingerprint density at radius 3 is 1.36 bits per heavy atom. The lowest BCUT2D eigenvalue weighted by Gasteiger charge is -2.13. The molecule has 0 saturated carbocycles. The summed E-state index contributed by atoms with van der Waals surface area (Å²) in [5.74, 6) is 0. The molecule has 8 heteroatoms. The van der Waals surface area contributed by atoms with Gasteiger partial charge in [-0.15, -0.1) is 0 Å². The maximum absolute atomic E-state index is 12.2. The Labute approximate surface area is 123 Å². The second-order valence-corrected chi connectivity index (χ2v) is 4.28. The largest absolute Gasteiger partial charge is 0.409 e. The summed E-state index contributed by atoms with van der Waals surface area (Å²) in [4.78, 5) is 0.